The molecule has 1 aliphatic heterocycles. The van der Waals surface area contributed by atoms with Crippen LogP contribution in [0.4, 0.5) is 4.79 Å². The number of methoxy groups -OCH3 is 1. The van der Waals surface area contributed by atoms with E-state index >= 15 is 0 Å². The number of urea groups is 1. The minimum atomic E-state index is -3.83. The Balaban J connectivity index is 1.98. The average molecular weight is 396 g/mol. The number of rotatable bonds is 6. The number of imide groups is 1. The minimum Gasteiger partial charge on any atom is -0.496 e. The van der Waals surface area contributed by atoms with Gasteiger partial charge in [-0.1, -0.05) is 6.42 Å². The first-order chi connectivity index (χ1) is 12.7. The van der Waals surface area contributed by atoms with Crippen molar-refractivity contribution in [3.05, 3.63) is 23.8 Å². The van der Waals surface area contributed by atoms with Crippen LogP contribution < -0.4 is 25.8 Å². The maximum atomic E-state index is 12.9. The molecule has 0 radical (unpaired) electrons. The van der Waals surface area contributed by atoms with Crippen molar-refractivity contribution >= 4 is 22.0 Å². The normalized spacial score (nSPS) is 28.1. The molecule has 1 saturated carbocycles. The molecule has 9 nitrogen and oxygen atoms in total. The smallest absolute Gasteiger partial charge is 0.322 e. The first-order valence-electron chi connectivity index (χ1n) is 8.76. The van der Waals surface area contributed by atoms with Gasteiger partial charge < -0.3 is 15.8 Å². The molecule has 1 heterocycles. The van der Waals surface area contributed by atoms with Crippen LogP contribution >= 0.6 is 0 Å². The van der Waals surface area contributed by atoms with Gasteiger partial charge in [0.05, 0.1) is 12.0 Å². The molecule has 3 rings (SSSR count). The highest BCUT2D eigenvalue weighted by molar-refractivity contribution is 7.89. The third kappa shape index (κ3) is 3.52. The van der Waals surface area contributed by atoms with Gasteiger partial charge in [0.25, 0.3) is 5.91 Å². The highest BCUT2D eigenvalue weighted by Crippen LogP contribution is 2.34. The van der Waals surface area contributed by atoms with E-state index < -0.39 is 27.5 Å². The van der Waals surface area contributed by atoms with Crippen LogP contribution in [0.5, 0.6) is 5.75 Å². The Morgan fingerprint density at radius 1 is 1.33 bits per heavy atom. The van der Waals surface area contributed by atoms with Crippen molar-refractivity contribution in [3.63, 3.8) is 0 Å². The van der Waals surface area contributed by atoms with Crippen molar-refractivity contribution in [2.24, 2.45) is 11.7 Å². The van der Waals surface area contributed by atoms with Gasteiger partial charge in [-0.25, -0.2) is 17.9 Å². The number of ether oxygens (including phenoxy) is 1. The SMILES string of the molecule is COc1ccc(S(=O)(=O)NC2CCCC2CN)cc1C1(C)NC(=O)NC1=O. The van der Waals surface area contributed by atoms with Crippen LogP contribution in [-0.2, 0) is 20.4 Å². The van der Waals surface area contributed by atoms with E-state index in [1.54, 1.807) is 0 Å². The number of sulfonamides is 1. The van der Waals surface area contributed by atoms with Crippen molar-refractivity contribution in [2.45, 2.75) is 42.7 Å². The molecule has 0 aromatic heterocycles. The van der Waals surface area contributed by atoms with Crippen molar-refractivity contribution < 1.29 is 22.7 Å². The van der Waals surface area contributed by atoms with Crippen LogP contribution in [0.1, 0.15) is 31.7 Å². The maximum Gasteiger partial charge on any atom is 0.322 e. The Hall–Kier alpha value is -2.17. The Labute approximate surface area is 158 Å². The van der Waals surface area contributed by atoms with Crippen LogP contribution in [0.3, 0.4) is 0 Å². The lowest BCUT2D eigenvalue weighted by Crippen LogP contribution is -2.42. The van der Waals surface area contributed by atoms with Gasteiger partial charge in [0.15, 0.2) is 0 Å². The van der Waals surface area contributed by atoms with Gasteiger partial charge in [0.1, 0.15) is 11.3 Å². The lowest BCUT2D eigenvalue weighted by atomic mass is 9.91. The lowest BCUT2D eigenvalue weighted by Gasteiger charge is -2.25. The van der Waals surface area contributed by atoms with Crippen molar-refractivity contribution in [1.82, 2.24) is 15.4 Å². The third-order valence-corrected chi connectivity index (χ3v) is 6.82. The molecule has 0 bridgehead atoms. The molecule has 27 heavy (non-hydrogen) atoms. The summed E-state index contributed by atoms with van der Waals surface area (Å²) in [4.78, 5) is 23.9. The van der Waals surface area contributed by atoms with E-state index in [0.29, 0.717) is 12.3 Å². The summed E-state index contributed by atoms with van der Waals surface area (Å²) in [6.07, 6.45) is 2.55. The molecule has 3 amide bonds. The van der Waals surface area contributed by atoms with Gasteiger partial charge in [-0.3, -0.25) is 10.1 Å². The second kappa shape index (κ2) is 7.10. The van der Waals surface area contributed by atoms with Crippen molar-refractivity contribution in [2.75, 3.05) is 13.7 Å². The lowest BCUT2D eigenvalue weighted by molar-refractivity contribution is -0.123. The van der Waals surface area contributed by atoms with Crippen LogP contribution in [-0.4, -0.2) is 40.1 Å². The summed E-state index contributed by atoms with van der Waals surface area (Å²) in [6, 6.07) is 3.39. The summed E-state index contributed by atoms with van der Waals surface area (Å²) in [5, 5.41) is 4.69. The molecule has 3 unspecified atom stereocenters. The standard InChI is InChI=1S/C17H24N4O5S/c1-17(15(22)19-16(23)20-17)12-8-11(6-7-14(12)26-2)27(24,25)21-13-5-3-4-10(13)9-18/h6-8,10,13,21H,3-5,9,18H2,1-2H3,(H2,19,20,22,23). The van der Waals surface area contributed by atoms with Gasteiger partial charge in [-0.05, 0) is 50.4 Å². The van der Waals surface area contributed by atoms with E-state index in [2.05, 4.69) is 15.4 Å². The van der Waals surface area contributed by atoms with Gasteiger partial charge in [0, 0.05) is 11.6 Å². The van der Waals surface area contributed by atoms with E-state index in [4.69, 9.17) is 10.5 Å². The number of amides is 3. The van der Waals surface area contributed by atoms with Gasteiger partial charge in [0.2, 0.25) is 10.0 Å². The highest BCUT2D eigenvalue weighted by Gasteiger charge is 2.45. The predicted octanol–water partition coefficient (Wildman–Crippen LogP) is 0.156. The number of carbonyl (C=O) groups is 2. The summed E-state index contributed by atoms with van der Waals surface area (Å²) in [5.41, 5.74) is 4.57. The molecule has 1 aliphatic carbocycles. The van der Waals surface area contributed by atoms with Gasteiger partial charge >= 0.3 is 6.03 Å². The monoisotopic (exact) mass is 396 g/mol. The van der Waals surface area contributed by atoms with Crippen LogP contribution in [0.25, 0.3) is 0 Å². The molecule has 148 valence electrons. The van der Waals surface area contributed by atoms with Gasteiger partial charge in [-0.15, -0.1) is 0 Å². The first-order valence-corrected chi connectivity index (χ1v) is 10.2. The zero-order valence-electron chi connectivity index (χ0n) is 15.2. The fraction of sp³-hybridized carbons (Fsp3) is 0.529. The Morgan fingerprint density at radius 3 is 2.67 bits per heavy atom. The van der Waals surface area contributed by atoms with E-state index in [1.807, 2.05) is 0 Å². The maximum absolute atomic E-state index is 12.9. The minimum absolute atomic E-state index is 0.00357. The molecular formula is C17H24N4O5S. The van der Waals surface area contributed by atoms with Crippen molar-refractivity contribution in [1.29, 1.82) is 0 Å². The molecule has 10 heteroatoms. The Kier molecular flexibility index (Phi) is 5.15. The summed E-state index contributed by atoms with van der Waals surface area (Å²) in [5.74, 6) is -0.170. The molecule has 1 aromatic rings. The predicted molar refractivity (Wildman–Crippen MR) is 97.5 cm³/mol. The molecule has 2 fully saturated rings. The second-order valence-corrected chi connectivity index (χ2v) is 8.76. The summed E-state index contributed by atoms with van der Waals surface area (Å²) in [6.45, 7) is 1.92. The fourth-order valence-electron chi connectivity index (χ4n) is 3.72. The molecular weight excluding hydrogens is 372 g/mol. The molecule has 5 N–H and O–H groups in total. The Bertz CT molecular complexity index is 872. The summed E-state index contributed by atoms with van der Waals surface area (Å²) < 4.78 is 33.8. The van der Waals surface area contributed by atoms with E-state index in [1.165, 1.54) is 32.2 Å². The van der Waals surface area contributed by atoms with Crippen molar-refractivity contribution in [3.8, 4) is 5.75 Å². The number of nitrogens with one attached hydrogen (secondary N) is 3. The second-order valence-electron chi connectivity index (χ2n) is 7.05. The number of nitrogens with two attached hydrogens (primary N) is 1. The number of benzene rings is 1. The number of hydrogen-bond donors (Lipinski definition) is 4. The fourth-order valence-corrected chi connectivity index (χ4v) is 5.08. The number of hydrogen-bond acceptors (Lipinski definition) is 6. The largest absolute Gasteiger partial charge is 0.496 e. The third-order valence-electron chi connectivity index (χ3n) is 5.33. The average Bonchev–Trinajstić information content (AvgIpc) is 3.17. The quantitative estimate of drug-likeness (QED) is 0.505. The molecule has 0 spiro atoms. The summed E-state index contributed by atoms with van der Waals surface area (Å²) in [7, 11) is -2.42. The van der Waals surface area contributed by atoms with E-state index in [-0.39, 0.29) is 22.4 Å². The molecule has 2 aliphatic rings. The van der Waals surface area contributed by atoms with Crippen LogP contribution in [0.2, 0.25) is 0 Å². The van der Waals surface area contributed by atoms with E-state index in [9.17, 15) is 18.0 Å². The van der Waals surface area contributed by atoms with Crippen LogP contribution in [0, 0.1) is 5.92 Å². The molecule has 1 saturated heterocycles. The van der Waals surface area contributed by atoms with Gasteiger partial charge in [-0.2, -0.15) is 0 Å². The number of carbonyl (C=O) groups excluding carboxylic acids is 2. The van der Waals surface area contributed by atoms with Crippen LogP contribution in [0.15, 0.2) is 23.1 Å². The molecule has 1 aromatic carbocycles. The first kappa shape index (κ1) is 19.6. The summed E-state index contributed by atoms with van der Waals surface area (Å²) >= 11 is 0. The zero-order chi connectivity index (χ0) is 19.8. The Morgan fingerprint density at radius 2 is 2.07 bits per heavy atom. The topological polar surface area (TPSA) is 140 Å². The zero-order valence-corrected chi connectivity index (χ0v) is 16.1. The highest BCUT2D eigenvalue weighted by atomic mass is 32.2. The van der Waals surface area contributed by atoms with E-state index in [0.717, 1.165) is 19.3 Å². The molecule has 3 atom stereocenters.